The second kappa shape index (κ2) is 6.26. The number of carboxylic acid groups (broad SMARTS) is 1. The van der Waals surface area contributed by atoms with E-state index in [9.17, 15) is 4.79 Å². The molecule has 1 unspecified atom stereocenters. The lowest BCUT2D eigenvalue weighted by atomic mass is 9.99. The molecule has 0 aliphatic carbocycles. The van der Waals surface area contributed by atoms with Crippen molar-refractivity contribution in [3.8, 4) is 11.1 Å². The lowest BCUT2D eigenvalue weighted by Crippen LogP contribution is -2.13. The summed E-state index contributed by atoms with van der Waals surface area (Å²) < 4.78 is 1.83. The maximum Gasteiger partial charge on any atom is 0.305 e. The van der Waals surface area contributed by atoms with Gasteiger partial charge in [-0.05, 0) is 16.7 Å². The number of aromatic nitrogens is 2. The van der Waals surface area contributed by atoms with Crippen molar-refractivity contribution >= 4 is 5.97 Å². The van der Waals surface area contributed by atoms with E-state index in [1.54, 1.807) is 18.7 Å². The molecular weight excluding hydrogens is 276 g/mol. The third kappa shape index (κ3) is 3.06. The average Bonchev–Trinajstić information content (AvgIpc) is 3.08. The van der Waals surface area contributed by atoms with Gasteiger partial charge < -0.3 is 9.67 Å². The van der Waals surface area contributed by atoms with Crippen LogP contribution in [0.2, 0.25) is 0 Å². The maximum absolute atomic E-state index is 11.1. The van der Waals surface area contributed by atoms with E-state index in [0.29, 0.717) is 0 Å². The van der Waals surface area contributed by atoms with Crippen molar-refractivity contribution < 1.29 is 9.90 Å². The van der Waals surface area contributed by atoms with Crippen LogP contribution in [0.4, 0.5) is 0 Å². The number of nitrogens with zero attached hydrogens (tertiary/aromatic N) is 2. The number of carboxylic acids is 1. The predicted octanol–water partition coefficient (Wildman–Crippen LogP) is 3.61. The fourth-order valence-electron chi connectivity index (χ4n) is 2.54. The van der Waals surface area contributed by atoms with Gasteiger partial charge in [0.2, 0.25) is 0 Å². The molecule has 0 fully saturated rings. The van der Waals surface area contributed by atoms with Gasteiger partial charge in [-0.15, -0.1) is 0 Å². The first-order chi connectivity index (χ1) is 10.7. The minimum Gasteiger partial charge on any atom is -0.481 e. The zero-order valence-electron chi connectivity index (χ0n) is 12.0. The van der Waals surface area contributed by atoms with Crippen molar-refractivity contribution in [3.05, 3.63) is 78.9 Å². The van der Waals surface area contributed by atoms with Crippen LogP contribution < -0.4 is 0 Å². The van der Waals surface area contributed by atoms with E-state index in [1.807, 2.05) is 47.0 Å². The first-order valence-corrected chi connectivity index (χ1v) is 7.08. The Bertz CT molecular complexity index is 735. The van der Waals surface area contributed by atoms with E-state index in [4.69, 9.17) is 5.11 Å². The number of aliphatic carboxylic acids is 1. The molecule has 4 heteroatoms. The number of imidazole rings is 1. The Kier molecular flexibility index (Phi) is 4.01. The lowest BCUT2D eigenvalue weighted by molar-refractivity contribution is -0.137. The van der Waals surface area contributed by atoms with Gasteiger partial charge in [0, 0.05) is 12.4 Å². The molecule has 1 N–H and O–H groups in total. The second-order valence-electron chi connectivity index (χ2n) is 5.11. The van der Waals surface area contributed by atoms with Gasteiger partial charge in [0.25, 0.3) is 0 Å². The van der Waals surface area contributed by atoms with Gasteiger partial charge in [0.05, 0.1) is 18.8 Å². The molecule has 0 saturated carbocycles. The smallest absolute Gasteiger partial charge is 0.305 e. The van der Waals surface area contributed by atoms with Crippen LogP contribution >= 0.6 is 0 Å². The molecule has 4 nitrogen and oxygen atoms in total. The van der Waals surface area contributed by atoms with Gasteiger partial charge in [-0.1, -0.05) is 54.6 Å². The molecule has 3 aromatic rings. The standard InChI is InChI=1S/C18H16N2O2/c21-18(22)12-17(20-11-10-19-13-20)16-8-6-15(7-9-16)14-4-2-1-3-5-14/h1-11,13,17H,12H2,(H,21,22). The quantitative estimate of drug-likeness (QED) is 0.781. The van der Waals surface area contributed by atoms with Crippen molar-refractivity contribution in [3.63, 3.8) is 0 Å². The zero-order chi connectivity index (χ0) is 15.4. The van der Waals surface area contributed by atoms with Crippen molar-refractivity contribution in [2.24, 2.45) is 0 Å². The Balaban J connectivity index is 1.91. The number of carbonyl (C=O) groups is 1. The van der Waals surface area contributed by atoms with Crippen molar-refractivity contribution in [2.75, 3.05) is 0 Å². The highest BCUT2D eigenvalue weighted by Gasteiger charge is 2.17. The zero-order valence-corrected chi connectivity index (χ0v) is 12.0. The van der Waals surface area contributed by atoms with E-state index in [0.717, 1.165) is 16.7 Å². The molecule has 1 heterocycles. The van der Waals surface area contributed by atoms with Crippen LogP contribution in [0.15, 0.2) is 73.3 Å². The summed E-state index contributed by atoms with van der Waals surface area (Å²) in [6.07, 6.45) is 5.13. The summed E-state index contributed by atoms with van der Waals surface area (Å²) in [7, 11) is 0. The minimum absolute atomic E-state index is 0.0288. The van der Waals surface area contributed by atoms with Crippen LogP contribution in [-0.2, 0) is 4.79 Å². The van der Waals surface area contributed by atoms with Crippen LogP contribution in [0.5, 0.6) is 0 Å². The topological polar surface area (TPSA) is 55.1 Å². The summed E-state index contributed by atoms with van der Waals surface area (Å²) in [6, 6.07) is 17.9. The van der Waals surface area contributed by atoms with E-state index in [2.05, 4.69) is 17.1 Å². The van der Waals surface area contributed by atoms with Crippen molar-refractivity contribution in [1.82, 2.24) is 9.55 Å². The molecule has 0 amide bonds. The normalized spacial score (nSPS) is 12.0. The number of hydrogen-bond donors (Lipinski definition) is 1. The molecule has 2 aromatic carbocycles. The summed E-state index contributed by atoms with van der Waals surface area (Å²) >= 11 is 0. The third-order valence-electron chi connectivity index (χ3n) is 3.66. The Morgan fingerprint density at radius 3 is 2.32 bits per heavy atom. The molecule has 22 heavy (non-hydrogen) atoms. The summed E-state index contributed by atoms with van der Waals surface area (Å²) in [6.45, 7) is 0. The molecule has 0 aliphatic rings. The van der Waals surface area contributed by atoms with Gasteiger partial charge >= 0.3 is 5.97 Å². The minimum atomic E-state index is -0.828. The van der Waals surface area contributed by atoms with E-state index >= 15 is 0 Å². The lowest BCUT2D eigenvalue weighted by Gasteiger charge is -2.17. The molecule has 110 valence electrons. The number of benzene rings is 2. The van der Waals surface area contributed by atoms with E-state index in [-0.39, 0.29) is 12.5 Å². The Labute approximate surface area is 128 Å². The van der Waals surface area contributed by atoms with Gasteiger partial charge in [0.1, 0.15) is 0 Å². The monoisotopic (exact) mass is 292 g/mol. The predicted molar refractivity (Wildman–Crippen MR) is 84.5 cm³/mol. The Morgan fingerprint density at radius 2 is 1.73 bits per heavy atom. The van der Waals surface area contributed by atoms with Crippen LogP contribution in [0.1, 0.15) is 18.0 Å². The third-order valence-corrected chi connectivity index (χ3v) is 3.66. The summed E-state index contributed by atoms with van der Waals surface area (Å²) in [4.78, 5) is 15.1. The van der Waals surface area contributed by atoms with E-state index in [1.165, 1.54) is 0 Å². The fourth-order valence-corrected chi connectivity index (χ4v) is 2.54. The SMILES string of the molecule is O=C(O)CC(c1ccc(-c2ccccc2)cc1)n1ccnc1. The fraction of sp³-hybridized carbons (Fsp3) is 0.111. The second-order valence-corrected chi connectivity index (χ2v) is 5.11. The molecule has 0 radical (unpaired) electrons. The molecule has 3 rings (SSSR count). The number of hydrogen-bond acceptors (Lipinski definition) is 2. The number of rotatable bonds is 5. The largest absolute Gasteiger partial charge is 0.481 e. The van der Waals surface area contributed by atoms with Crippen LogP contribution in [0.25, 0.3) is 11.1 Å². The summed E-state index contributed by atoms with van der Waals surface area (Å²) in [5, 5.41) is 9.14. The maximum atomic E-state index is 11.1. The van der Waals surface area contributed by atoms with Crippen LogP contribution in [0.3, 0.4) is 0 Å². The molecule has 0 saturated heterocycles. The first kappa shape index (κ1) is 14.1. The summed E-state index contributed by atoms with van der Waals surface area (Å²) in [5.41, 5.74) is 3.22. The molecule has 0 bridgehead atoms. The van der Waals surface area contributed by atoms with Crippen LogP contribution in [0, 0.1) is 0 Å². The molecule has 0 spiro atoms. The molecule has 1 aromatic heterocycles. The molecule has 0 aliphatic heterocycles. The highest BCUT2D eigenvalue weighted by atomic mass is 16.4. The van der Waals surface area contributed by atoms with Gasteiger partial charge in [-0.3, -0.25) is 4.79 Å². The summed E-state index contributed by atoms with van der Waals surface area (Å²) in [5.74, 6) is -0.828. The van der Waals surface area contributed by atoms with Crippen molar-refractivity contribution in [2.45, 2.75) is 12.5 Å². The highest BCUT2D eigenvalue weighted by molar-refractivity contribution is 5.68. The Hall–Kier alpha value is -2.88. The Morgan fingerprint density at radius 1 is 1.05 bits per heavy atom. The van der Waals surface area contributed by atoms with Gasteiger partial charge in [0.15, 0.2) is 0 Å². The molecule has 1 atom stereocenters. The first-order valence-electron chi connectivity index (χ1n) is 7.08. The van der Waals surface area contributed by atoms with Crippen molar-refractivity contribution in [1.29, 1.82) is 0 Å². The van der Waals surface area contributed by atoms with Gasteiger partial charge in [-0.25, -0.2) is 4.98 Å². The van der Waals surface area contributed by atoms with Gasteiger partial charge in [-0.2, -0.15) is 0 Å². The molecular formula is C18H16N2O2. The van der Waals surface area contributed by atoms with Crippen LogP contribution in [-0.4, -0.2) is 20.6 Å². The van der Waals surface area contributed by atoms with E-state index < -0.39 is 5.97 Å². The average molecular weight is 292 g/mol. The highest BCUT2D eigenvalue weighted by Crippen LogP contribution is 2.25.